The summed E-state index contributed by atoms with van der Waals surface area (Å²) < 4.78 is 1.47. The number of nitro groups is 1. The van der Waals surface area contributed by atoms with Gasteiger partial charge in [0.2, 0.25) is 12.2 Å². The van der Waals surface area contributed by atoms with Crippen LogP contribution in [0.15, 0.2) is 12.5 Å². The molecule has 1 aromatic heterocycles. The van der Waals surface area contributed by atoms with Crippen molar-refractivity contribution in [2.24, 2.45) is 5.92 Å². The fourth-order valence-electron chi connectivity index (χ4n) is 2.14. The molecule has 1 saturated heterocycles. The molecule has 2 rings (SSSR count). The van der Waals surface area contributed by atoms with Crippen LogP contribution < -0.4 is 0 Å². The van der Waals surface area contributed by atoms with Gasteiger partial charge in [0.15, 0.2) is 0 Å². The molecule has 0 bridgehead atoms. The quantitative estimate of drug-likeness (QED) is 0.605. The largest absolute Gasteiger partial charge is 0.481 e. The predicted molar refractivity (Wildman–Crippen MR) is 65.8 cm³/mol. The Labute approximate surface area is 114 Å². The number of nitrogens with zero attached hydrogens (tertiary/aromatic N) is 4. The molecule has 9 nitrogen and oxygen atoms in total. The fraction of sp³-hybridized carbons (Fsp3) is 0.545. The third kappa shape index (κ3) is 3.11. The molecule has 9 heteroatoms. The highest BCUT2D eigenvalue weighted by atomic mass is 16.6. The monoisotopic (exact) mass is 282 g/mol. The van der Waals surface area contributed by atoms with Crippen LogP contribution in [0.25, 0.3) is 0 Å². The Hall–Kier alpha value is -2.45. The highest BCUT2D eigenvalue weighted by molar-refractivity contribution is 5.78. The number of aryl methyl sites for hydroxylation is 1. The van der Waals surface area contributed by atoms with E-state index in [9.17, 15) is 19.7 Å². The van der Waals surface area contributed by atoms with Crippen LogP contribution in [0, 0.1) is 16.0 Å². The van der Waals surface area contributed by atoms with Crippen molar-refractivity contribution in [3.63, 3.8) is 0 Å². The first-order valence-corrected chi connectivity index (χ1v) is 6.14. The molecule has 0 aliphatic carbocycles. The normalized spacial score (nSPS) is 18.2. The van der Waals surface area contributed by atoms with Crippen LogP contribution in [0.1, 0.15) is 12.8 Å². The van der Waals surface area contributed by atoms with Crippen LogP contribution >= 0.6 is 0 Å². The van der Waals surface area contributed by atoms with Crippen LogP contribution in [0.5, 0.6) is 0 Å². The summed E-state index contributed by atoms with van der Waals surface area (Å²) in [7, 11) is 0. The first-order valence-electron chi connectivity index (χ1n) is 6.14. The minimum absolute atomic E-state index is 0.148. The van der Waals surface area contributed by atoms with E-state index in [0.717, 1.165) is 0 Å². The molecule has 0 spiro atoms. The lowest BCUT2D eigenvalue weighted by Crippen LogP contribution is -2.30. The zero-order valence-corrected chi connectivity index (χ0v) is 10.6. The Morgan fingerprint density at radius 3 is 2.85 bits per heavy atom. The van der Waals surface area contributed by atoms with Crippen molar-refractivity contribution in [3.8, 4) is 0 Å². The lowest BCUT2D eigenvalue weighted by atomic mass is 10.1. The van der Waals surface area contributed by atoms with E-state index in [1.807, 2.05) is 0 Å². The second-order valence-electron chi connectivity index (χ2n) is 4.64. The molecule has 1 aliphatic heterocycles. The van der Waals surface area contributed by atoms with Crippen molar-refractivity contribution in [2.75, 3.05) is 13.1 Å². The van der Waals surface area contributed by atoms with Crippen molar-refractivity contribution in [1.82, 2.24) is 14.5 Å². The summed E-state index contributed by atoms with van der Waals surface area (Å²) in [6.07, 6.45) is 3.20. The molecule has 20 heavy (non-hydrogen) atoms. The van der Waals surface area contributed by atoms with E-state index in [4.69, 9.17) is 5.11 Å². The molecule has 1 aromatic rings. The Balaban J connectivity index is 1.83. The molecule has 1 N–H and O–H groups in total. The molecular weight excluding hydrogens is 268 g/mol. The van der Waals surface area contributed by atoms with Crippen LogP contribution in [-0.2, 0) is 16.1 Å². The molecule has 0 aromatic carbocycles. The minimum atomic E-state index is -0.884. The van der Waals surface area contributed by atoms with E-state index in [1.165, 1.54) is 22.0 Å². The lowest BCUT2D eigenvalue weighted by Gasteiger charge is -2.15. The number of likely N-dealkylation sites (tertiary alicyclic amines) is 1. The number of rotatable bonds is 5. The van der Waals surface area contributed by atoms with Crippen LogP contribution in [0.3, 0.4) is 0 Å². The summed E-state index contributed by atoms with van der Waals surface area (Å²) in [6, 6.07) is 0. The Morgan fingerprint density at radius 2 is 2.30 bits per heavy atom. The molecule has 1 amide bonds. The van der Waals surface area contributed by atoms with E-state index in [2.05, 4.69) is 4.98 Å². The number of aliphatic carboxylic acids is 1. The van der Waals surface area contributed by atoms with Gasteiger partial charge >= 0.3 is 11.8 Å². The van der Waals surface area contributed by atoms with Gasteiger partial charge in [0.05, 0.1) is 5.92 Å². The Bertz CT molecular complexity index is 541. The maximum atomic E-state index is 11.9. The smallest absolute Gasteiger partial charge is 0.381 e. The highest BCUT2D eigenvalue weighted by Crippen LogP contribution is 2.17. The maximum absolute atomic E-state index is 11.9. The molecule has 0 radical (unpaired) electrons. The van der Waals surface area contributed by atoms with E-state index >= 15 is 0 Å². The topological polar surface area (TPSA) is 119 Å². The number of carboxylic acids is 1. The van der Waals surface area contributed by atoms with Crippen molar-refractivity contribution in [2.45, 2.75) is 19.4 Å². The summed E-state index contributed by atoms with van der Waals surface area (Å²) in [5.41, 5.74) is 0. The van der Waals surface area contributed by atoms with Gasteiger partial charge < -0.3 is 24.7 Å². The van der Waals surface area contributed by atoms with E-state index in [1.54, 1.807) is 0 Å². The van der Waals surface area contributed by atoms with E-state index in [0.29, 0.717) is 13.0 Å². The number of carbonyl (C=O) groups is 2. The summed E-state index contributed by atoms with van der Waals surface area (Å²) in [6.45, 7) is 0.964. The average molecular weight is 282 g/mol. The number of carboxylic acid groups (broad SMARTS) is 1. The van der Waals surface area contributed by atoms with Gasteiger partial charge in [-0.15, -0.1) is 0 Å². The van der Waals surface area contributed by atoms with Gasteiger partial charge in [0.25, 0.3) is 0 Å². The zero-order chi connectivity index (χ0) is 14.7. The summed E-state index contributed by atoms with van der Waals surface area (Å²) in [5, 5.41) is 19.3. The molecule has 108 valence electrons. The summed E-state index contributed by atoms with van der Waals surface area (Å²) in [4.78, 5) is 37.7. The second kappa shape index (κ2) is 5.68. The van der Waals surface area contributed by atoms with Crippen molar-refractivity contribution in [1.29, 1.82) is 0 Å². The molecule has 1 unspecified atom stereocenters. The number of hydrogen-bond acceptors (Lipinski definition) is 5. The maximum Gasteiger partial charge on any atom is 0.381 e. The number of carbonyl (C=O) groups excluding carboxylic acids is 1. The molecule has 2 heterocycles. The van der Waals surface area contributed by atoms with Crippen LogP contribution in [0.2, 0.25) is 0 Å². The van der Waals surface area contributed by atoms with Gasteiger partial charge in [-0.25, -0.2) is 0 Å². The van der Waals surface area contributed by atoms with Gasteiger partial charge in [-0.05, 0) is 16.3 Å². The first-order chi connectivity index (χ1) is 9.47. The van der Waals surface area contributed by atoms with Gasteiger partial charge in [0.1, 0.15) is 6.20 Å². The van der Waals surface area contributed by atoms with Crippen molar-refractivity contribution < 1.29 is 19.6 Å². The van der Waals surface area contributed by atoms with Crippen molar-refractivity contribution >= 4 is 17.7 Å². The number of hydrogen-bond donors (Lipinski definition) is 1. The highest BCUT2D eigenvalue weighted by Gasteiger charge is 2.30. The first kappa shape index (κ1) is 14.0. The van der Waals surface area contributed by atoms with Gasteiger partial charge in [-0.3, -0.25) is 9.59 Å². The average Bonchev–Trinajstić information content (AvgIpc) is 3.05. The molecule has 1 aliphatic rings. The third-order valence-electron chi connectivity index (χ3n) is 3.28. The van der Waals surface area contributed by atoms with Crippen LogP contribution in [-0.4, -0.2) is 49.4 Å². The minimum Gasteiger partial charge on any atom is -0.481 e. The van der Waals surface area contributed by atoms with Crippen molar-refractivity contribution in [3.05, 3.63) is 22.6 Å². The van der Waals surface area contributed by atoms with Gasteiger partial charge in [-0.1, -0.05) is 0 Å². The second-order valence-corrected chi connectivity index (χ2v) is 4.64. The number of aromatic nitrogens is 2. The van der Waals surface area contributed by atoms with E-state index < -0.39 is 16.8 Å². The van der Waals surface area contributed by atoms with Gasteiger partial charge in [0, 0.05) is 26.1 Å². The van der Waals surface area contributed by atoms with Gasteiger partial charge in [-0.2, -0.15) is 0 Å². The third-order valence-corrected chi connectivity index (χ3v) is 3.28. The summed E-state index contributed by atoms with van der Waals surface area (Å²) >= 11 is 0. The fourth-order valence-corrected chi connectivity index (χ4v) is 2.14. The Morgan fingerprint density at radius 1 is 1.55 bits per heavy atom. The molecule has 1 atom stereocenters. The summed E-state index contributed by atoms with van der Waals surface area (Å²) in [5.74, 6) is -1.78. The lowest BCUT2D eigenvalue weighted by molar-refractivity contribution is -0.389. The van der Waals surface area contributed by atoms with Crippen LogP contribution in [0.4, 0.5) is 5.82 Å². The predicted octanol–water partition coefficient (Wildman–Crippen LogP) is 0.114. The SMILES string of the molecule is O=C(O)C1CCN(C(=O)CCn2cnc([N+](=O)[O-])c2)C1. The number of imidazole rings is 1. The molecule has 1 fully saturated rings. The standard InChI is InChI=1S/C11H14N4O5/c16-10(14-4-1-8(5-14)11(17)18)2-3-13-6-9(12-7-13)15(19)20/h6-8H,1-5H2,(H,17,18). The molecule has 0 saturated carbocycles. The Kier molecular flexibility index (Phi) is 3.97. The number of amides is 1. The molecular formula is C11H14N4O5. The van der Waals surface area contributed by atoms with E-state index in [-0.39, 0.29) is 31.2 Å². The zero-order valence-electron chi connectivity index (χ0n) is 10.6.